The number of halogens is 1. The summed E-state index contributed by atoms with van der Waals surface area (Å²) in [5, 5.41) is 20.5. The van der Waals surface area contributed by atoms with Gasteiger partial charge in [-0.2, -0.15) is 15.5 Å². The summed E-state index contributed by atoms with van der Waals surface area (Å²) in [4.78, 5) is 4.12. The maximum Gasteiger partial charge on any atom is 0.162 e. The van der Waals surface area contributed by atoms with Crippen LogP contribution in [0, 0.1) is 17.1 Å². The number of rotatable bonds is 2. The van der Waals surface area contributed by atoms with Crippen LogP contribution in [-0.2, 0) is 0 Å². The minimum absolute atomic E-state index is 0.300. The summed E-state index contributed by atoms with van der Waals surface area (Å²) in [5.74, 6) is -0.300. The van der Waals surface area contributed by atoms with Gasteiger partial charge in [-0.3, -0.25) is 5.10 Å². The van der Waals surface area contributed by atoms with Crippen molar-refractivity contribution in [1.82, 2.24) is 24.8 Å². The molecule has 0 aliphatic rings. The zero-order valence-corrected chi connectivity index (χ0v) is 11.7. The van der Waals surface area contributed by atoms with E-state index in [2.05, 4.69) is 20.3 Å². The Morgan fingerprint density at radius 2 is 1.91 bits per heavy atom. The standard InChI is InChI=1S/C16H9FN6/c17-11-3-1-10(2-4-11)16-13(9-20-21-16)14-5-6-15-19-8-12(7-18)23(15)22-14/h1-6,8-9H,(H,20,21). The molecule has 110 valence electrons. The van der Waals surface area contributed by atoms with E-state index in [4.69, 9.17) is 5.26 Å². The van der Waals surface area contributed by atoms with Gasteiger partial charge in [0.25, 0.3) is 0 Å². The lowest BCUT2D eigenvalue weighted by molar-refractivity contribution is 0.628. The van der Waals surface area contributed by atoms with E-state index >= 15 is 0 Å². The average Bonchev–Trinajstić information content (AvgIpc) is 3.21. The summed E-state index contributed by atoms with van der Waals surface area (Å²) >= 11 is 0. The van der Waals surface area contributed by atoms with Gasteiger partial charge in [-0.25, -0.2) is 13.9 Å². The van der Waals surface area contributed by atoms with Crippen LogP contribution in [0.5, 0.6) is 0 Å². The molecule has 0 saturated heterocycles. The molecular weight excluding hydrogens is 295 g/mol. The predicted octanol–water partition coefficient (Wildman–Crippen LogP) is 2.80. The van der Waals surface area contributed by atoms with E-state index in [0.717, 1.165) is 16.8 Å². The van der Waals surface area contributed by atoms with Crippen molar-refractivity contribution in [3.63, 3.8) is 0 Å². The summed E-state index contributed by atoms with van der Waals surface area (Å²) in [6.45, 7) is 0. The van der Waals surface area contributed by atoms with E-state index < -0.39 is 0 Å². The summed E-state index contributed by atoms with van der Waals surface area (Å²) in [6.07, 6.45) is 3.12. The molecule has 0 spiro atoms. The second-order valence-corrected chi connectivity index (χ2v) is 4.91. The second-order valence-electron chi connectivity index (χ2n) is 4.91. The normalized spacial score (nSPS) is 10.8. The van der Waals surface area contributed by atoms with Gasteiger partial charge < -0.3 is 0 Å². The zero-order valence-electron chi connectivity index (χ0n) is 11.7. The fourth-order valence-electron chi connectivity index (χ4n) is 2.41. The van der Waals surface area contributed by atoms with E-state index in [-0.39, 0.29) is 5.82 Å². The van der Waals surface area contributed by atoms with Gasteiger partial charge in [-0.15, -0.1) is 0 Å². The minimum Gasteiger partial charge on any atom is -0.277 e. The first kappa shape index (κ1) is 13.2. The fraction of sp³-hybridized carbons (Fsp3) is 0. The molecule has 3 heterocycles. The SMILES string of the molecule is N#Cc1cnc2ccc(-c3cn[nH]c3-c3ccc(F)cc3)nn12. The lowest BCUT2D eigenvalue weighted by Gasteiger charge is -2.04. The number of fused-ring (bicyclic) bond motifs is 1. The second kappa shape index (κ2) is 5.03. The molecule has 6 nitrogen and oxygen atoms in total. The molecule has 4 rings (SSSR count). The van der Waals surface area contributed by atoms with Gasteiger partial charge in [0.15, 0.2) is 11.3 Å². The van der Waals surface area contributed by atoms with Crippen LogP contribution in [0.3, 0.4) is 0 Å². The lowest BCUT2D eigenvalue weighted by Crippen LogP contribution is -1.97. The molecule has 7 heteroatoms. The third-order valence-electron chi connectivity index (χ3n) is 3.53. The van der Waals surface area contributed by atoms with Crippen molar-refractivity contribution in [2.75, 3.05) is 0 Å². The van der Waals surface area contributed by atoms with Gasteiger partial charge in [0, 0.05) is 11.1 Å². The highest BCUT2D eigenvalue weighted by molar-refractivity contribution is 5.78. The number of aromatic nitrogens is 5. The lowest BCUT2D eigenvalue weighted by atomic mass is 10.1. The highest BCUT2D eigenvalue weighted by Crippen LogP contribution is 2.29. The number of imidazole rings is 1. The smallest absolute Gasteiger partial charge is 0.162 e. The van der Waals surface area contributed by atoms with Crippen LogP contribution in [0.15, 0.2) is 48.8 Å². The highest BCUT2D eigenvalue weighted by atomic mass is 19.1. The molecular formula is C16H9FN6. The molecule has 0 aliphatic heterocycles. The van der Waals surface area contributed by atoms with Gasteiger partial charge in [-0.1, -0.05) is 0 Å². The molecule has 0 bridgehead atoms. The zero-order chi connectivity index (χ0) is 15.8. The number of aromatic amines is 1. The van der Waals surface area contributed by atoms with Crippen molar-refractivity contribution in [3.8, 4) is 28.6 Å². The van der Waals surface area contributed by atoms with Gasteiger partial charge in [0.2, 0.25) is 0 Å². The molecule has 0 atom stereocenters. The van der Waals surface area contributed by atoms with Gasteiger partial charge in [0.05, 0.1) is 23.8 Å². The summed E-state index contributed by atoms with van der Waals surface area (Å²) in [6, 6.07) is 11.8. The Bertz CT molecular complexity index is 1040. The Kier molecular flexibility index (Phi) is 2.88. The van der Waals surface area contributed by atoms with Crippen LogP contribution in [-0.4, -0.2) is 24.8 Å². The van der Waals surface area contributed by atoms with E-state index in [1.807, 2.05) is 6.07 Å². The largest absolute Gasteiger partial charge is 0.277 e. The minimum atomic E-state index is -0.300. The maximum atomic E-state index is 13.1. The van der Waals surface area contributed by atoms with E-state index in [1.165, 1.54) is 22.8 Å². The fourth-order valence-corrected chi connectivity index (χ4v) is 2.41. The third-order valence-corrected chi connectivity index (χ3v) is 3.53. The van der Waals surface area contributed by atoms with Crippen LogP contribution in [0.2, 0.25) is 0 Å². The topological polar surface area (TPSA) is 82.7 Å². The van der Waals surface area contributed by atoms with Crippen molar-refractivity contribution in [2.45, 2.75) is 0 Å². The molecule has 0 aliphatic carbocycles. The molecule has 0 fully saturated rings. The first-order valence-electron chi connectivity index (χ1n) is 6.81. The molecule has 0 saturated carbocycles. The number of nitriles is 1. The van der Waals surface area contributed by atoms with E-state index in [9.17, 15) is 4.39 Å². The first-order chi connectivity index (χ1) is 11.3. The number of nitrogens with zero attached hydrogens (tertiary/aromatic N) is 5. The van der Waals surface area contributed by atoms with Crippen molar-refractivity contribution in [3.05, 3.63) is 60.3 Å². The Morgan fingerprint density at radius 1 is 1.09 bits per heavy atom. The summed E-state index contributed by atoms with van der Waals surface area (Å²) in [7, 11) is 0. The van der Waals surface area contributed by atoms with Gasteiger partial charge in [-0.05, 0) is 36.4 Å². The molecule has 3 aromatic heterocycles. The van der Waals surface area contributed by atoms with Crippen LogP contribution < -0.4 is 0 Å². The molecule has 4 aromatic rings. The molecule has 0 amide bonds. The van der Waals surface area contributed by atoms with Crippen LogP contribution in [0.25, 0.3) is 28.2 Å². The molecule has 0 radical (unpaired) electrons. The first-order valence-corrected chi connectivity index (χ1v) is 6.81. The van der Waals surface area contributed by atoms with Gasteiger partial charge in [0.1, 0.15) is 11.9 Å². The van der Waals surface area contributed by atoms with Crippen LogP contribution in [0.1, 0.15) is 5.69 Å². The number of benzene rings is 1. The number of H-pyrrole nitrogens is 1. The van der Waals surface area contributed by atoms with Crippen molar-refractivity contribution in [2.24, 2.45) is 0 Å². The van der Waals surface area contributed by atoms with E-state index in [1.54, 1.807) is 30.5 Å². The number of hydrogen-bond acceptors (Lipinski definition) is 4. The number of hydrogen-bond donors (Lipinski definition) is 1. The Balaban J connectivity index is 1.87. The molecule has 1 aromatic carbocycles. The Morgan fingerprint density at radius 3 is 2.70 bits per heavy atom. The van der Waals surface area contributed by atoms with Crippen LogP contribution >= 0.6 is 0 Å². The summed E-state index contributed by atoms with van der Waals surface area (Å²) < 4.78 is 14.6. The third kappa shape index (κ3) is 2.13. The van der Waals surface area contributed by atoms with E-state index in [0.29, 0.717) is 17.0 Å². The maximum absolute atomic E-state index is 13.1. The molecule has 0 unspecified atom stereocenters. The molecule has 1 N–H and O–H groups in total. The summed E-state index contributed by atoms with van der Waals surface area (Å²) in [5.41, 5.74) is 3.88. The van der Waals surface area contributed by atoms with Crippen LogP contribution in [0.4, 0.5) is 4.39 Å². The van der Waals surface area contributed by atoms with Crippen molar-refractivity contribution in [1.29, 1.82) is 5.26 Å². The Hall–Kier alpha value is -3.53. The van der Waals surface area contributed by atoms with Gasteiger partial charge >= 0.3 is 0 Å². The van der Waals surface area contributed by atoms with Crippen molar-refractivity contribution < 1.29 is 4.39 Å². The monoisotopic (exact) mass is 304 g/mol. The quantitative estimate of drug-likeness (QED) is 0.617. The number of nitrogens with one attached hydrogen (secondary N) is 1. The Labute approximate surface area is 129 Å². The average molecular weight is 304 g/mol. The highest BCUT2D eigenvalue weighted by Gasteiger charge is 2.13. The van der Waals surface area contributed by atoms with Crippen molar-refractivity contribution >= 4 is 5.65 Å². The molecule has 23 heavy (non-hydrogen) atoms. The predicted molar refractivity (Wildman–Crippen MR) is 80.7 cm³/mol.